The van der Waals surface area contributed by atoms with Gasteiger partial charge in [-0.25, -0.2) is 22.8 Å². The van der Waals surface area contributed by atoms with Crippen molar-refractivity contribution in [2.24, 2.45) is 0 Å². The lowest BCUT2D eigenvalue weighted by molar-refractivity contribution is 0.285. The van der Waals surface area contributed by atoms with Crippen molar-refractivity contribution < 1.29 is 12.8 Å². The van der Waals surface area contributed by atoms with Crippen LogP contribution in [0.3, 0.4) is 0 Å². The molecular weight excluding hydrogens is 331 g/mol. The highest BCUT2D eigenvalue weighted by molar-refractivity contribution is 7.88. The summed E-state index contributed by atoms with van der Waals surface area (Å²) in [5.74, 6) is 0.392. The second-order valence-corrected chi connectivity index (χ2v) is 7.98. The molecule has 0 unspecified atom stereocenters. The van der Waals surface area contributed by atoms with E-state index in [0.29, 0.717) is 36.4 Å². The number of hydrogen-bond acceptors (Lipinski definition) is 5. The number of aromatic nitrogens is 2. The van der Waals surface area contributed by atoms with E-state index in [-0.39, 0.29) is 11.9 Å². The van der Waals surface area contributed by atoms with Gasteiger partial charge in [0, 0.05) is 31.1 Å². The van der Waals surface area contributed by atoms with Crippen molar-refractivity contribution in [3.05, 3.63) is 30.3 Å². The summed E-state index contributed by atoms with van der Waals surface area (Å²) in [5.41, 5.74) is 0.704. The molecule has 6 nitrogen and oxygen atoms in total. The van der Waals surface area contributed by atoms with Crippen LogP contribution < -0.4 is 4.90 Å². The van der Waals surface area contributed by atoms with Gasteiger partial charge in [-0.15, -0.1) is 0 Å². The Balaban J connectivity index is 1.82. The molecule has 1 aliphatic heterocycles. The van der Waals surface area contributed by atoms with Gasteiger partial charge in [-0.1, -0.05) is 6.92 Å². The summed E-state index contributed by atoms with van der Waals surface area (Å²) in [6.07, 6.45) is 4.18. The van der Waals surface area contributed by atoms with Crippen molar-refractivity contribution in [3.8, 4) is 0 Å². The topological polar surface area (TPSA) is 66.4 Å². The number of halogens is 1. The van der Waals surface area contributed by atoms with Crippen LogP contribution in [-0.4, -0.2) is 54.6 Å². The summed E-state index contributed by atoms with van der Waals surface area (Å²) in [5, 5.41) is 0.686. The molecule has 1 aromatic heterocycles. The highest BCUT2D eigenvalue weighted by Gasteiger charge is 2.29. The predicted octanol–water partition coefficient (Wildman–Crippen LogP) is 2.02. The minimum absolute atomic E-state index is 0.00564. The summed E-state index contributed by atoms with van der Waals surface area (Å²) in [7, 11) is -3.20. The van der Waals surface area contributed by atoms with Crippen molar-refractivity contribution >= 4 is 26.7 Å². The highest BCUT2D eigenvalue weighted by atomic mass is 32.2. The molecule has 0 spiro atoms. The number of fused-ring (bicyclic) bond motifs is 1. The molecule has 1 aliphatic rings. The Bertz CT molecular complexity index is 835. The molecule has 0 saturated carbocycles. The number of anilines is 1. The SMILES string of the molecule is CCN(C1CCN(c2ncnc3ccc(F)cc23)CC1)S(C)(=O)=O. The minimum atomic E-state index is -3.20. The lowest BCUT2D eigenvalue weighted by Gasteiger charge is -2.37. The van der Waals surface area contributed by atoms with E-state index in [1.165, 1.54) is 24.7 Å². The van der Waals surface area contributed by atoms with Gasteiger partial charge in [-0.3, -0.25) is 0 Å². The van der Waals surface area contributed by atoms with Gasteiger partial charge in [-0.2, -0.15) is 4.31 Å². The first-order valence-corrected chi connectivity index (χ1v) is 9.87. The van der Waals surface area contributed by atoms with E-state index in [2.05, 4.69) is 14.9 Å². The minimum Gasteiger partial charge on any atom is -0.356 e. The van der Waals surface area contributed by atoms with Gasteiger partial charge in [0.2, 0.25) is 10.0 Å². The van der Waals surface area contributed by atoms with Crippen molar-refractivity contribution in [1.29, 1.82) is 0 Å². The van der Waals surface area contributed by atoms with Crippen LogP contribution in [0.25, 0.3) is 10.9 Å². The third-order valence-electron chi connectivity index (χ3n) is 4.49. The Labute approximate surface area is 141 Å². The smallest absolute Gasteiger partial charge is 0.211 e. The van der Waals surface area contributed by atoms with Crippen molar-refractivity contribution in [3.63, 3.8) is 0 Å². The Hall–Kier alpha value is -1.80. The van der Waals surface area contributed by atoms with E-state index in [4.69, 9.17) is 0 Å². The molecule has 0 N–H and O–H groups in total. The third kappa shape index (κ3) is 3.34. The maximum Gasteiger partial charge on any atom is 0.211 e. The highest BCUT2D eigenvalue weighted by Crippen LogP contribution is 2.28. The zero-order valence-electron chi connectivity index (χ0n) is 13.8. The Morgan fingerprint density at radius 3 is 2.62 bits per heavy atom. The summed E-state index contributed by atoms with van der Waals surface area (Å²) in [6.45, 7) is 3.69. The summed E-state index contributed by atoms with van der Waals surface area (Å²) >= 11 is 0. The van der Waals surface area contributed by atoms with Gasteiger partial charge in [0.05, 0.1) is 11.8 Å². The first-order valence-electron chi connectivity index (χ1n) is 8.02. The maximum absolute atomic E-state index is 13.6. The fourth-order valence-electron chi connectivity index (χ4n) is 3.40. The van der Waals surface area contributed by atoms with Crippen LogP contribution >= 0.6 is 0 Å². The van der Waals surface area contributed by atoms with Gasteiger partial charge < -0.3 is 4.90 Å². The molecule has 3 rings (SSSR count). The fourth-order valence-corrected chi connectivity index (χ4v) is 4.62. The molecule has 0 atom stereocenters. The first kappa shape index (κ1) is 17.0. The fraction of sp³-hybridized carbons (Fsp3) is 0.500. The second kappa shape index (κ2) is 6.60. The van der Waals surface area contributed by atoms with Crippen LogP contribution in [0.1, 0.15) is 19.8 Å². The third-order valence-corrected chi connectivity index (χ3v) is 5.89. The monoisotopic (exact) mass is 352 g/mol. The quantitative estimate of drug-likeness (QED) is 0.842. The van der Waals surface area contributed by atoms with Gasteiger partial charge in [0.15, 0.2) is 0 Å². The molecule has 0 aliphatic carbocycles. The van der Waals surface area contributed by atoms with Crippen molar-refractivity contribution in [2.45, 2.75) is 25.8 Å². The second-order valence-electron chi connectivity index (χ2n) is 6.04. The molecule has 130 valence electrons. The number of hydrogen-bond donors (Lipinski definition) is 0. The van der Waals surface area contributed by atoms with Crippen LogP contribution in [0, 0.1) is 5.82 Å². The van der Waals surface area contributed by atoms with Crippen LogP contribution in [0.15, 0.2) is 24.5 Å². The molecule has 1 saturated heterocycles. The molecular formula is C16H21FN4O2S. The summed E-state index contributed by atoms with van der Waals surface area (Å²) < 4.78 is 38.9. The normalized spacial score (nSPS) is 16.9. The molecule has 2 aromatic rings. The number of nitrogens with zero attached hydrogens (tertiary/aromatic N) is 4. The predicted molar refractivity (Wildman–Crippen MR) is 92.0 cm³/mol. The largest absolute Gasteiger partial charge is 0.356 e. The van der Waals surface area contributed by atoms with E-state index in [1.807, 2.05) is 6.92 Å². The lowest BCUT2D eigenvalue weighted by atomic mass is 10.0. The van der Waals surface area contributed by atoms with E-state index in [0.717, 1.165) is 12.8 Å². The van der Waals surface area contributed by atoms with Crippen LogP contribution in [0.4, 0.5) is 10.2 Å². The molecule has 0 bridgehead atoms. The Morgan fingerprint density at radius 1 is 1.29 bits per heavy atom. The van der Waals surface area contributed by atoms with Gasteiger partial charge in [0.1, 0.15) is 18.0 Å². The summed E-state index contributed by atoms with van der Waals surface area (Å²) in [6, 6.07) is 4.49. The maximum atomic E-state index is 13.6. The zero-order valence-corrected chi connectivity index (χ0v) is 14.6. The van der Waals surface area contributed by atoms with Crippen molar-refractivity contribution in [2.75, 3.05) is 30.8 Å². The van der Waals surface area contributed by atoms with E-state index < -0.39 is 10.0 Å². The molecule has 2 heterocycles. The molecule has 1 fully saturated rings. The van der Waals surface area contributed by atoms with Gasteiger partial charge >= 0.3 is 0 Å². The van der Waals surface area contributed by atoms with E-state index in [9.17, 15) is 12.8 Å². The number of sulfonamides is 1. The molecule has 0 amide bonds. The van der Waals surface area contributed by atoms with E-state index in [1.54, 1.807) is 10.4 Å². The van der Waals surface area contributed by atoms with Gasteiger partial charge in [0.25, 0.3) is 0 Å². The lowest BCUT2D eigenvalue weighted by Crippen LogP contribution is -2.47. The molecule has 8 heteroatoms. The number of rotatable bonds is 4. The Morgan fingerprint density at radius 2 is 2.00 bits per heavy atom. The standard InChI is InChI=1S/C16H21FN4O2S/c1-3-21(24(2,22)23)13-6-8-20(9-7-13)16-14-10-12(17)4-5-15(14)18-11-19-16/h4-5,10-11,13H,3,6-9H2,1-2H3. The van der Waals surface area contributed by atoms with Crippen LogP contribution in [0.5, 0.6) is 0 Å². The molecule has 24 heavy (non-hydrogen) atoms. The summed E-state index contributed by atoms with van der Waals surface area (Å²) in [4.78, 5) is 10.6. The average molecular weight is 352 g/mol. The van der Waals surface area contributed by atoms with Crippen molar-refractivity contribution in [1.82, 2.24) is 14.3 Å². The van der Waals surface area contributed by atoms with Crippen LogP contribution in [0.2, 0.25) is 0 Å². The van der Waals surface area contributed by atoms with E-state index >= 15 is 0 Å². The van der Waals surface area contributed by atoms with Gasteiger partial charge in [-0.05, 0) is 31.0 Å². The number of benzene rings is 1. The number of piperidine rings is 1. The average Bonchev–Trinajstić information content (AvgIpc) is 2.54. The Kier molecular flexibility index (Phi) is 4.69. The molecule has 1 aromatic carbocycles. The zero-order chi connectivity index (χ0) is 17.3. The first-order chi connectivity index (χ1) is 11.4. The van der Waals surface area contributed by atoms with Crippen LogP contribution in [-0.2, 0) is 10.0 Å². The molecule has 0 radical (unpaired) electrons.